The molecule has 0 radical (unpaired) electrons. The average Bonchev–Trinajstić information content (AvgIpc) is 2.63. The third kappa shape index (κ3) is 7.21. The highest BCUT2D eigenvalue weighted by Gasteiger charge is 2.54. The van der Waals surface area contributed by atoms with Crippen LogP contribution in [0.1, 0.15) is 62.3 Å². The molecule has 1 aliphatic heterocycles. The Morgan fingerprint density at radius 3 is 1.64 bits per heavy atom. The molecule has 0 aliphatic carbocycles. The van der Waals surface area contributed by atoms with Gasteiger partial charge in [-0.1, -0.05) is 41.5 Å². The van der Waals surface area contributed by atoms with Gasteiger partial charge in [-0.3, -0.25) is 9.59 Å². The van der Waals surface area contributed by atoms with Gasteiger partial charge in [-0.05, 0) is 57.0 Å². The Bertz CT molecular complexity index is 694. The number of esters is 1. The van der Waals surface area contributed by atoms with Crippen LogP contribution in [-0.4, -0.2) is 66.2 Å². The second-order valence-corrected chi connectivity index (χ2v) is 21.9. The molecule has 1 aliphatic rings. The SMILES string of the molecule is CO[C@H]1O[C@H](C)[C@@H](OC(=O)C(C)C(C)=O)[C@H](O[Si](C)(C)C(C)(C)C)[C@H]1O[Si](C)(C)C(C)(C)C. The highest BCUT2D eigenvalue weighted by molar-refractivity contribution is 6.74. The fourth-order valence-corrected chi connectivity index (χ4v) is 5.60. The molecule has 1 saturated heterocycles. The van der Waals surface area contributed by atoms with Crippen LogP contribution in [0.25, 0.3) is 0 Å². The number of hydrogen-bond donors (Lipinski definition) is 0. The molecule has 0 bridgehead atoms. The van der Waals surface area contributed by atoms with Crippen molar-refractivity contribution in [2.75, 3.05) is 7.11 Å². The maximum Gasteiger partial charge on any atom is 0.316 e. The van der Waals surface area contributed by atoms with Crippen LogP contribution in [0.4, 0.5) is 0 Å². The van der Waals surface area contributed by atoms with Crippen molar-refractivity contribution >= 4 is 28.4 Å². The van der Waals surface area contributed by atoms with Crippen molar-refractivity contribution in [1.29, 1.82) is 0 Å². The topological polar surface area (TPSA) is 80.3 Å². The van der Waals surface area contributed by atoms with Crippen LogP contribution >= 0.6 is 0 Å². The van der Waals surface area contributed by atoms with Gasteiger partial charge in [0.1, 0.15) is 23.9 Å². The Morgan fingerprint density at radius 1 is 0.848 bits per heavy atom. The Hall–Kier alpha value is -0.586. The van der Waals surface area contributed by atoms with Gasteiger partial charge in [0.2, 0.25) is 0 Å². The molecule has 0 aromatic rings. The molecule has 1 heterocycles. The first-order valence-corrected chi connectivity index (χ1v) is 17.7. The third-order valence-corrected chi connectivity index (χ3v) is 16.6. The molecule has 1 rings (SSSR count). The first-order chi connectivity index (χ1) is 14.7. The molecule has 6 atom stereocenters. The molecular weight excluding hydrogens is 456 g/mol. The summed E-state index contributed by atoms with van der Waals surface area (Å²) in [6, 6.07) is 0. The Balaban J connectivity index is 3.51. The first-order valence-electron chi connectivity index (χ1n) is 11.9. The van der Waals surface area contributed by atoms with Crippen molar-refractivity contribution < 1.29 is 32.7 Å². The van der Waals surface area contributed by atoms with E-state index in [1.54, 1.807) is 14.0 Å². The largest absolute Gasteiger partial charge is 0.456 e. The lowest BCUT2D eigenvalue weighted by molar-refractivity contribution is -0.283. The van der Waals surface area contributed by atoms with Crippen LogP contribution in [0.15, 0.2) is 0 Å². The van der Waals surface area contributed by atoms with Gasteiger partial charge in [-0.15, -0.1) is 0 Å². The fraction of sp³-hybridized carbons (Fsp3) is 0.917. The fourth-order valence-electron chi connectivity index (χ4n) is 3.02. The Labute approximate surface area is 203 Å². The summed E-state index contributed by atoms with van der Waals surface area (Å²) in [7, 11) is -2.98. The van der Waals surface area contributed by atoms with Crippen molar-refractivity contribution in [3.8, 4) is 0 Å². The molecule has 1 fully saturated rings. The van der Waals surface area contributed by atoms with Gasteiger partial charge in [-0.25, -0.2) is 0 Å². The van der Waals surface area contributed by atoms with Gasteiger partial charge in [-0.2, -0.15) is 0 Å². The van der Waals surface area contributed by atoms with Crippen molar-refractivity contribution in [3.63, 3.8) is 0 Å². The number of ether oxygens (including phenoxy) is 3. The number of hydrogen-bond acceptors (Lipinski definition) is 7. The van der Waals surface area contributed by atoms with E-state index in [2.05, 4.69) is 67.7 Å². The maximum atomic E-state index is 12.8. The summed E-state index contributed by atoms with van der Waals surface area (Å²) in [5, 5.41) is -0.120. The molecule has 0 N–H and O–H groups in total. The van der Waals surface area contributed by atoms with Gasteiger partial charge < -0.3 is 23.1 Å². The van der Waals surface area contributed by atoms with Crippen LogP contribution in [0, 0.1) is 5.92 Å². The van der Waals surface area contributed by atoms with E-state index in [9.17, 15) is 9.59 Å². The van der Waals surface area contributed by atoms with Gasteiger partial charge in [0.25, 0.3) is 0 Å². The van der Waals surface area contributed by atoms with E-state index < -0.39 is 59.2 Å². The second kappa shape index (κ2) is 10.6. The third-order valence-electron chi connectivity index (χ3n) is 7.65. The summed E-state index contributed by atoms with van der Waals surface area (Å²) < 4.78 is 31.5. The first kappa shape index (κ1) is 30.4. The minimum absolute atomic E-state index is 0.0504. The van der Waals surface area contributed by atoms with E-state index in [0.717, 1.165) is 0 Å². The summed E-state index contributed by atoms with van der Waals surface area (Å²) in [6.45, 7) is 26.5. The quantitative estimate of drug-likeness (QED) is 0.252. The zero-order valence-corrected chi connectivity index (χ0v) is 25.3. The predicted octanol–water partition coefficient (Wildman–Crippen LogP) is 5.30. The minimum Gasteiger partial charge on any atom is -0.456 e. The smallest absolute Gasteiger partial charge is 0.316 e. The molecule has 194 valence electrons. The van der Waals surface area contributed by atoms with Crippen LogP contribution < -0.4 is 0 Å². The predicted molar refractivity (Wildman–Crippen MR) is 135 cm³/mol. The minimum atomic E-state index is -2.30. The molecule has 7 nitrogen and oxygen atoms in total. The van der Waals surface area contributed by atoms with Gasteiger partial charge in [0, 0.05) is 7.11 Å². The highest BCUT2D eigenvalue weighted by Crippen LogP contribution is 2.43. The average molecular weight is 505 g/mol. The van der Waals surface area contributed by atoms with E-state index in [1.165, 1.54) is 6.92 Å². The Kier molecular flexibility index (Phi) is 9.76. The molecule has 1 unspecified atom stereocenters. The number of rotatable bonds is 8. The van der Waals surface area contributed by atoms with Crippen molar-refractivity contribution in [2.45, 2.75) is 129 Å². The lowest BCUT2D eigenvalue weighted by Crippen LogP contribution is -2.65. The van der Waals surface area contributed by atoms with E-state index >= 15 is 0 Å². The number of ketones is 1. The molecule has 33 heavy (non-hydrogen) atoms. The number of Topliss-reactive ketones (excluding diaryl/α,β-unsaturated/α-hetero) is 1. The summed E-state index contributed by atoms with van der Waals surface area (Å²) in [4.78, 5) is 24.6. The molecule has 0 aromatic heterocycles. The van der Waals surface area contributed by atoms with Gasteiger partial charge in [0.05, 0.1) is 6.10 Å². The number of carbonyl (C=O) groups excluding carboxylic acids is 2. The standard InChI is InChI=1S/C24H48O7Si2/c1-15(16(2)25)21(26)29-18-17(3)28-22(27-10)20(31-33(13,14)24(7,8)9)19(18)30-32(11,12)23(4,5)6/h15,17-20,22H,1-14H3/t15?,17-,18-,19+,20-,22+/m1/s1. The van der Waals surface area contributed by atoms with E-state index in [0.29, 0.717) is 0 Å². The maximum absolute atomic E-state index is 12.8. The summed E-state index contributed by atoms with van der Waals surface area (Å²) in [5.74, 6) is -1.67. The molecule has 0 saturated carbocycles. The van der Waals surface area contributed by atoms with Crippen LogP contribution in [0.3, 0.4) is 0 Å². The normalized spacial score (nSPS) is 28.4. The molecule has 0 spiro atoms. The van der Waals surface area contributed by atoms with E-state index in [4.69, 9.17) is 23.1 Å². The lowest BCUT2D eigenvalue weighted by atomic mass is 9.99. The van der Waals surface area contributed by atoms with E-state index in [-0.39, 0.29) is 15.9 Å². The highest BCUT2D eigenvalue weighted by atomic mass is 28.4. The summed E-state index contributed by atoms with van der Waals surface area (Å²) in [5.41, 5.74) is 0. The Morgan fingerprint density at radius 2 is 1.27 bits per heavy atom. The van der Waals surface area contributed by atoms with Gasteiger partial charge >= 0.3 is 5.97 Å². The molecular formula is C24H48O7Si2. The zero-order chi connectivity index (χ0) is 26.2. The number of carbonyl (C=O) groups is 2. The molecule has 9 heteroatoms. The lowest BCUT2D eigenvalue weighted by Gasteiger charge is -2.51. The van der Waals surface area contributed by atoms with Crippen LogP contribution in [0.2, 0.25) is 36.3 Å². The summed E-state index contributed by atoms with van der Waals surface area (Å²) >= 11 is 0. The summed E-state index contributed by atoms with van der Waals surface area (Å²) in [6.07, 6.45) is -3.05. The number of methoxy groups -OCH3 is 1. The second-order valence-electron chi connectivity index (χ2n) is 12.4. The monoisotopic (exact) mass is 504 g/mol. The zero-order valence-electron chi connectivity index (χ0n) is 23.3. The van der Waals surface area contributed by atoms with Crippen LogP contribution in [0.5, 0.6) is 0 Å². The van der Waals surface area contributed by atoms with Gasteiger partial charge in [0.15, 0.2) is 29.0 Å². The van der Waals surface area contributed by atoms with Crippen LogP contribution in [-0.2, 0) is 32.7 Å². The van der Waals surface area contributed by atoms with Crippen molar-refractivity contribution in [1.82, 2.24) is 0 Å². The van der Waals surface area contributed by atoms with Crippen molar-refractivity contribution in [2.24, 2.45) is 5.92 Å². The molecule has 0 amide bonds. The van der Waals surface area contributed by atoms with Crippen molar-refractivity contribution in [3.05, 3.63) is 0 Å². The molecule has 0 aromatic carbocycles. The van der Waals surface area contributed by atoms with E-state index in [1.807, 2.05) is 6.92 Å².